The molecule has 1 aromatic heterocycles. The lowest BCUT2D eigenvalue weighted by Gasteiger charge is -2.12. The molecule has 0 fully saturated rings. The zero-order valence-electron chi connectivity index (χ0n) is 10.9. The van der Waals surface area contributed by atoms with Crippen molar-refractivity contribution in [3.05, 3.63) is 46.3 Å². The second-order valence-electron chi connectivity index (χ2n) is 4.23. The molecule has 0 radical (unpaired) electrons. The lowest BCUT2D eigenvalue weighted by molar-refractivity contribution is 0.598. The Morgan fingerprint density at radius 1 is 1.33 bits per heavy atom. The highest BCUT2D eigenvalue weighted by atomic mass is 79.9. The number of benzene rings is 1. The molecule has 21 heavy (non-hydrogen) atoms. The number of aromatic nitrogens is 1. The Bertz CT molecular complexity index is 783. The van der Waals surface area contributed by atoms with E-state index >= 15 is 0 Å². The summed E-state index contributed by atoms with van der Waals surface area (Å²) in [5, 5.41) is 0. The number of hydrazine groups is 1. The van der Waals surface area contributed by atoms with Gasteiger partial charge in [-0.15, -0.1) is 0 Å². The number of pyridine rings is 1. The monoisotopic (exact) mass is 374 g/mol. The standard InChI is InChI=1S/C12H12BrFN4O2S/c1-7-2-3-9(14)10(4-7)18-21(19,20)11-5-8(13)6-16-12(11)17-15/h2-6,18H,15H2,1H3,(H,16,17). The third kappa shape index (κ3) is 3.49. The highest BCUT2D eigenvalue weighted by Crippen LogP contribution is 2.26. The van der Waals surface area contributed by atoms with E-state index in [1.807, 2.05) is 0 Å². The summed E-state index contributed by atoms with van der Waals surface area (Å²) >= 11 is 3.13. The van der Waals surface area contributed by atoms with E-state index in [9.17, 15) is 12.8 Å². The summed E-state index contributed by atoms with van der Waals surface area (Å²) in [7, 11) is -4.04. The van der Waals surface area contributed by atoms with Crippen molar-refractivity contribution < 1.29 is 12.8 Å². The summed E-state index contributed by atoms with van der Waals surface area (Å²) in [5.41, 5.74) is 2.78. The molecule has 9 heteroatoms. The SMILES string of the molecule is Cc1ccc(F)c(NS(=O)(=O)c2cc(Br)cnc2NN)c1. The van der Waals surface area contributed by atoms with Crippen LogP contribution in [0.4, 0.5) is 15.9 Å². The van der Waals surface area contributed by atoms with Crippen LogP contribution in [0.25, 0.3) is 0 Å². The molecule has 0 bridgehead atoms. The van der Waals surface area contributed by atoms with Crippen molar-refractivity contribution in [3.8, 4) is 0 Å². The molecule has 1 heterocycles. The number of hydrogen-bond acceptors (Lipinski definition) is 5. The van der Waals surface area contributed by atoms with Gasteiger partial charge in [0, 0.05) is 10.7 Å². The molecule has 0 aliphatic carbocycles. The van der Waals surface area contributed by atoms with Gasteiger partial charge in [-0.1, -0.05) is 6.07 Å². The van der Waals surface area contributed by atoms with Gasteiger partial charge in [0.2, 0.25) is 0 Å². The number of sulfonamides is 1. The minimum Gasteiger partial charge on any atom is -0.307 e. The highest BCUT2D eigenvalue weighted by molar-refractivity contribution is 9.10. The predicted octanol–water partition coefficient (Wildman–Crippen LogP) is 2.38. The normalized spacial score (nSPS) is 11.2. The number of rotatable bonds is 4. The van der Waals surface area contributed by atoms with E-state index in [-0.39, 0.29) is 16.4 Å². The maximum Gasteiger partial charge on any atom is 0.265 e. The Labute approximate surface area is 129 Å². The van der Waals surface area contributed by atoms with Gasteiger partial charge < -0.3 is 5.43 Å². The number of anilines is 2. The highest BCUT2D eigenvalue weighted by Gasteiger charge is 2.21. The minimum absolute atomic E-state index is 0.0428. The van der Waals surface area contributed by atoms with Crippen LogP contribution in [0.2, 0.25) is 0 Å². The van der Waals surface area contributed by atoms with Crippen LogP contribution in [0.5, 0.6) is 0 Å². The first-order valence-electron chi connectivity index (χ1n) is 5.74. The number of halogens is 2. The molecule has 4 N–H and O–H groups in total. The molecule has 0 aliphatic heterocycles. The second-order valence-corrected chi connectivity index (χ2v) is 6.80. The fourth-order valence-electron chi connectivity index (χ4n) is 1.65. The zero-order valence-corrected chi connectivity index (χ0v) is 13.3. The van der Waals surface area contributed by atoms with Crippen LogP contribution in [0.15, 0.2) is 39.8 Å². The number of hydrogen-bond donors (Lipinski definition) is 3. The van der Waals surface area contributed by atoms with Gasteiger partial charge in [0.05, 0.1) is 5.69 Å². The van der Waals surface area contributed by atoms with E-state index in [2.05, 4.69) is 31.1 Å². The number of nitrogens with zero attached hydrogens (tertiary/aromatic N) is 1. The summed E-state index contributed by atoms with van der Waals surface area (Å²) in [6.45, 7) is 1.73. The summed E-state index contributed by atoms with van der Waals surface area (Å²) in [6, 6.07) is 5.45. The first-order chi connectivity index (χ1) is 9.83. The fourth-order valence-corrected chi connectivity index (χ4v) is 3.34. The molecule has 1 aromatic carbocycles. The number of nitrogens with two attached hydrogens (primary N) is 1. The summed E-state index contributed by atoms with van der Waals surface area (Å²) in [4.78, 5) is 3.65. The van der Waals surface area contributed by atoms with Gasteiger partial charge in [-0.3, -0.25) is 4.72 Å². The van der Waals surface area contributed by atoms with E-state index in [0.29, 0.717) is 4.47 Å². The summed E-state index contributed by atoms with van der Waals surface area (Å²) in [6.07, 6.45) is 1.39. The lowest BCUT2D eigenvalue weighted by atomic mass is 10.2. The topological polar surface area (TPSA) is 97.1 Å². The fraction of sp³-hybridized carbons (Fsp3) is 0.0833. The van der Waals surface area contributed by atoms with Crippen LogP contribution < -0.4 is 16.0 Å². The summed E-state index contributed by atoms with van der Waals surface area (Å²) < 4.78 is 41.0. The van der Waals surface area contributed by atoms with Gasteiger partial charge in [0.15, 0.2) is 5.82 Å². The molecule has 112 valence electrons. The molecule has 0 saturated heterocycles. The van der Waals surface area contributed by atoms with Crippen molar-refractivity contribution in [1.82, 2.24) is 4.98 Å². The van der Waals surface area contributed by atoms with E-state index in [1.54, 1.807) is 13.0 Å². The quantitative estimate of drug-likeness (QED) is 0.563. The van der Waals surface area contributed by atoms with Crippen LogP contribution in [0.1, 0.15) is 5.56 Å². The molecule has 6 nitrogen and oxygen atoms in total. The first-order valence-corrected chi connectivity index (χ1v) is 8.02. The van der Waals surface area contributed by atoms with Gasteiger partial charge in [-0.25, -0.2) is 23.6 Å². The Balaban J connectivity index is 2.48. The first kappa shape index (κ1) is 15.7. The van der Waals surface area contributed by atoms with Crippen LogP contribution in [-0.4, -0.2) is 13.4 Å². The van der Waals surface area contributed by atoms with Crippen LogP contribution in [0, 0.1) is 12.7 Å². The molecule has 0 aliphatic rings. The van der Waals surface area contributed by atoms with E-state index in [0.717, 1.165) is 5.56 Å². The molecular weight excluding hydrogens is 363 g/mol. The van der Waals surface area contributed by atoms with Crippen molar-refractivity contribution in [3.63, 3.8) is 0 Å². The van der Waals surface area contributed by atoms with Crippen molar-refractivity contribution in [2.45, 2.75) is 11.8 Å². The van der Waals surface area contributed by atoms with Crippen LogP contribution in [-0.2, 0) is 10.0 Å². The average Bonchev–Trinajstić information content (AvgIpc) is 2.42. The molecule has 0 amide bonds. The van der Waals surface area contributed by atoms with E-state index in [1.165, 1.54) is 24.4 Å². The van der Waals surface area contributed by atoms with Crippen molar-refractivity contribution in [2.75, 3.05) is 10.1 Å². The van der Waals surface area contributed by atoms with Gasteiger partial charge in [-0.05, 0) is 46.6 Å². The Hall–Kier alpha value is -1.71. The van der Waals surface area contributed by atoms with Crippen LogP contribution >= 0.6 is 15.9 Å². The van der Waals surface area contributed by atoms with Gasteiger partial charge >= 0.3 is 0 Å². The molecule has 2 rings (SSSR count). The number of aryl methyl sites for hydroxylation is 1. The van der Waals surface area contributed by atoms with Crippen molar-refractivity contribution in [2.24, 2.45) is 5.84 Å². The summed E-state index contributed by atoms with van der Waals surface area (Å²) in [5.74, 6) is 4.54. The van der Waals surface area contributed by atoms with Crippen LogP contribution in [0.3, 0.4) is 0 Å². The Kier molecular flexibility index (Phi) is 4.45. The molecule has 0 saturated carbocycles. The smallest absolute Gasteiger partial charge is 0.265 e. The molecule has 0 spiro atoms. The number of nitrogens with one attached hydrogen (secondary N) is 2. The Morgan fingerprint density at radius 3 is 2.71 bits per heavy atom. The number of nitrogen functional groups attached to an aromatic ring is 1. The van der Waals surface area contributed by atoms with Gasteiger partial charge in [0.1, 0.15) is 10.7 Å². The van der Waals surface area contributed by atoms with E-state index in [4.69, 9.17) is 5.84 Å². The largest absolute Gasteiger partial charge is 0.307 e. The molecule has 0 atom stereocenters. The molecule has 2 aromatic rings. The van der Waals surface area contributed by atoms with Crippen molar-refractivity contribution in [1.29, 1.82) is 0 Å². The predicted molar refractivity (Wildman–Crippen MR) is 81.7 cm³/mol. The third-order valence-electron chi connectivity index (χ3n) is 2.61. The molecule has 0 unspecified atom stereocenters. The average molecular weight is 375 g/mol. The Morgan fingerprint density at radius 2 is 2.05 bits per heavy atom. The van der Waals surface area contributed by atoms with E-state index < -0.39 is 15.8 Å². The maximum absolute atomic E-state index is 13.7. The second kappa shape index (κ2) is 5.96. The maximum atomic E-state index is 13.7. The van der Waals surface area contributed by atoms with Gasteiger partial charge in [0.25, 0.3) is 10.0 Å². The van der Waals surface area contributed by atoms with Gasteiger partial charge in [-0.2, -0.15) is 0 Å². The zero-order chi connectivity index (χ0) is 15.6. The minimum atomic E-state index is -4.04. The lowest BCUT2D eigenvalue weighted by Crippen LogP contribution is -2.19. The van der Waals surface area contributed by atoms with Crippen molar-refractivity contribution >= 4 is 37.5 Å². The third-order valence-corrected chi connectivity index (χ3v) is 4.42. The molecular formula is C12H12BrFN4O2S.